The zero-order valence-electron chi connectivity index (χ0n) is 29.8. The van der Waals surface area contributed by atoms with Crippen molar-refractivity contribution in [2.45, 2.75) is 60.0 Å². The Bertz CT molecular complexity index is 1610. The molecule has 2 heterocycles. The molecule has 0 aliphatic carbocycles. The predicted octanol–water partition coefficient (Wildman–Crippen LogP) is 7.11. The van der Waals surface area contributed by atoms with Crippen LogP contribution in [0.5, 0.6) is 11.5 Å². The molecule has 0 aliphatic rings. The quantitative estimate of drug-likeness (QED) is 0.150. The van der Waals surface area contributed by atoms with Crippen molar-refractivity contribution in [3.8, 4) is 11.5 Å². The molecule has 11 nitrogen and oxygen atoms in total. The lowest BCUT2D eigenvalue weighted by atomic mass is 9.98. The SMILES string of the molecule is C.CCN(Cc1cccs1)C(=O)[C@H](C)c1ccccc1OC.CCNCc1cccs1.COc1ccccc1[C@@H](C)C(=O)O.O=C=O.O=C=O.S=S=S. The molecule has 2 atom stereocenters. The Labute approximate surface area is 333 Å². The van der Waals surface area contributed by atoms with Gasteiger partial charge in [0.2, 0.25) is 5.91 Å². The Morgan fingerprint density at radius 3 is 1.57 bits per heavy atom. The molecule has 0 radical (unpaired) electrons. The number of carbonyl (C=O) groups is 2. The third-order valence-corrected chi connectivity index (χ3v) is 8.44. The number of methoxy groups -OCH3 is 2. The molecule has 2 aromatic carbocycles. The fourth-order valence-electron chi connectivity index (χ4n) is 4.19. The predicted molar refractivity (Wildman–Crippen MR) is 216 cm³/mol. The van der Waals surface area contributed by atoms with Crippen molar-refractivity contribution in [2.24, 2.45) is 0 Å². The van der Waals surface area contributed by atoms with Crippen LogP contribution in [-0.4, -0.2) is 61.5 Å². The second kappa shape index (κ2) is 34.8. The van der Waals surface area contributed by atoms with E-state index in [4.69, 9.17) is 33.8 Å². The van der Waals surface area contributed by atoms with E-state index in [1.165, 1.54) is 16.9 Å². The van der Waals surface area contributed by atoms with E-state index >= 15 is 0 Å². The van der Waals surface area contributed by atoms with E-state index in [-0.39, 0.29) is 31.6 Å². The van der Waals surface area contributed by atoms with Crippen LogP contribution in [0.15, 0.2) is 83.6 Å². The number of likely N-dealkylation sites (N-methyl/N-ethyl adjacent to an activating group) is 1. The molecule has 16 heteroatoms. The van der Waals surface area contributed by atoms with Crippen molar-refractivity contribution in [1.29, 1.82) is 0 Å². The molecule has 0 fully saturated rings. The Kier molecular flexibility index (Phi) is 34.9. The number of carboxylic acids is 1. The van der Waals surface area contributed by atoms with Gasteiger partial charge in [0.1, 0.15) is 11.5 Å². The van der Waals surface area contributed by atoms with Crippen molar-refractivity contribution in [1.82, 2.24) is 10.2 Å². The summed E-state index contributed by atoms with van der Waals surface area (Å²) in [5.74, 6) is -0.0555. The topological polar surface area (TPSA) is 156 Å². The zero-order valence-corrected chi connectivity index (χ0v) is 33.9. The summed E-state index contributed by atoms with van der Waals surface area (Å²) in [7, 11) is 4.09. The van der Waals surface area contributed by atoms with Crippen LogP contribution in [0.3, 0.4) is 0 Å². The Hall–Kier alpha value is -4.24. The van der Waals surface area contributed by atoms with Gasteiger partial charge in [0, 0.05) is 65.2 Å². The Morgan fingerprint density at radius 1 is 0.792 bits per heavy atom. The van der Waals surface area contributed by atoms with Crippen LogP contribution in [-0.2, 0) is 73.1 Å². The van der Waals surface area contributed by atoms with E-state index in [0.29, 0.717) is 24.4 Å². The molecule has 290 valence electrons. The smallest absolute Gasteiger partial charge is 0.373 e. The number of hydrogen-bond donors (Lipinski definition) is 2. The van der Waals surface area contributed by atoms with Gasteiger partial charge in [-0.05, 0) is 62.3 Å². The second-order valence-electron chi connectivity index (χ2n) is 9.79. The third kappa shape index (κ3) is 23.1. The number of aliphatic carboxylic acids is 1. The molecule has 2 N–H and O–H groups in total. The number of carbonyl (C=O) groups excluding carboxylic acids is 5. The van der Waals surface area contributed by atoms with Gasteiger partial charge in [-0.25, -0.2) is 0 Å². The molecule has 0 spiro atoms. The number of nitrogens with zero attached hydrogens (tertiary/aromatic N) is 1. The van der Waals surface area contributed by atoms with E-state index in [1.54, 1.807) is 54.9 Å². The highest BCUT2D eigenvalue weighted by atomic mass is 33.1. The summed E-state index contributed by atoms with van der Waals surface area (Å²) >= 11 is 11.7. The van der Waals surface area contributed by atoms with Gasteiger partial charge in [-0.3, -0.25) is 9.59 Å². The van der Waals surface area contributed by atoms with Gasteiger partial charge in [0.15, 0.2) is 0 Å². The average Bonchev–Trinajstić information content (AvgIpc) is 3.88. The number of amides is 1. The summed E-state index contributed by atoms with van der Waals surface area (Å²) in [4.78, 5) is 60.5. The number of rotatable bonds is 12. The fourth-order valence-corrected chi connectivity index (χ4v) is 5.58. The average molecular weight is 825 g/mol. The monoisotopic (exact) mass is 824 g/mol. The maximum absolute atomic E-state index is 12.7. The van der Waals surface area contributed by atoms with Crippen LogP contribution in [0.4, 0.5) is 0 Å². The third-order valence-electron chi connectivity index (χ3n) is 6.70. The molecule has 0 saturated heterocycles. The molecule has 4 rings (SSSR count). The van der Waals surface area contributed by atoms with Crippen molar-refractivity contribution < 1.29 is 43.3 Å². The molecular formula is C37H48N2O9S5. The number of benzene rings is 2. The minimum absolute atomic E-state index is 0. The Balaban J connectivity index is -0.000000669. The van der Waals surface area contributed by atoms with E-state index < -0.39 is 11.9 Å². The van der Waals surface area contributed by atoms with Crippen LogP contribution < -0.4 is 14.8 Å². The lowest BCUT2D eigenvalue weighted by molar-refractivity contribution is -0.193. The summed E-state index contributed by atoms with van der Waals surface area (Å²) in [5.41, 5.74) is 1.65. The van der Waals surface area contributed by atoms with Crippen LogP contribution in [0, 0.1) is 0 Å². The van der Waals surface area contributed by atoms with Crippen LogP contribution in [0.2, 0.25) is 0 Å². The van der Waals surface area contributed by atoms with Crippen LogP contribution in [0.25, 0.3) is 0 Å². The highest BCUT2D eigenvalue weighted by Crippen LogP contribution is 2.28. The second-order valence-corrected chi connectivity index (χ2v) is 13.6. The highest BCUT2D eigenvalue weighted by Gasteiger charge is 2.23. The molecule has 2 aromatic heterocycles. The van der Waals surface area contributed by atoms with E-state index in [1.807, 2.05) is 60.5 Å². The molecule has 1 amide bonds. The Morgan fingerprint density at radius 2 is 1.21 bits per heavy atom. The van der Waals surface area contributed by atoms with Crippen molar-refractivity contribution in [3.63, 3.8) is 0 Å². The molecule has 0 bridgehead atoms. The van der Waals surface area contributed by atoms with Gasteiger partial charge in [-0.2, -0.15) is 19.2 Å². The minimum Gasteiger partial charge on any atom is -0.496 e. The number of nitrogens with one attached hydrogen (secondary N) is 1. The first-order valence-corrected chi connectivity index (χ1v) is 19.9. The minimum atomic E-state index is -0.843. The number of para-hydroxylation sites is 2. The maximum Gasteiger partial charge on any atom is 0.373 e. The van der Waals surface area contributed by atoms with Gasteiger partial charge >= 0.3 is 18.3 Å². The molecule has 53 heavy (non-hydrogen) atoms. The summed E-state index contributed by atoms with van der Waals surface area (Å²) in [6.07, 6.45) is 0.500. The van der Waals surface area contributed by atoms with Gasteiger partial charge < -0.3 is 24.8 Å². The lowest BCUT2D eigenvalue weighted by Crippen LogP contribution is -2.33. The first kappa shape index (κ1) is 53.1. The summed E-state index contributed by atoms with van der Waals surface area (Å²) in [6, 6.07) is 23.2. The van der Waals surface area contributed by atoms with Gasteiger partial charge in [-0.15, -0.1) is 22.7 Å². The number of hydrogen-bond acceptors (Lipinski definition) is 13. The molecule has 0 aliphatic heterocycles. The summed E-state index contributed by atoms with van der Waals surface area (Å²) in [5, 5.41) is 16.2. The zero-order chi connectivity index (χ0) is 39.7. The first-order chi connectivity index (χ1) is 25.0. The van der Waals surface area contributed by atoms with Gasteiger partial charge in [0.25, 0.3) is 0 Å². The molecule has 0 unspecified atom stereocenters. The molecule has 0 saturated carbocycles. The first-order valence-electron chi connectivity index (χ1n) is 15.4. The maximum atomic E-state index is 12.7. The number of carboxylic acid groups (broad SMARTS) is 1. The van der Waals surface area contributed by atoms with Gasteiger partial charge in [-0.1, -0.05) is 62.9 Å². The lowest BCUT2D eigenvalue weighted by Gasteiger charge is -2.25. The molecule has 4 aromatic rings. The largest absolute Gasteiger partial charge is 0.496 e. The number of ether oxygens (including phenoxy) is 2. The van der Waals surface area contributed by atoms with E-state index in [0.717, 1.165) is 33.3 Å². The van der Waals surface area contributed by atoms with Crippen molar-refractivity contribution in [2.75, 3.05) is 27.3 Å². The van der Waals surface area contributed by atoms with E-state index in [2.05, 4.69) is 58.2 Å². The standard InChI is InChI=1S/C17H21NO2S.C10H12O3.C7H11NS.2CO2.CH4.S3/c1-4-18(12-14-8-7-11-21-14)17(19)13(2)15-9-5-6-10-16(15)20-3;1-7(10(11)12)8-5-3-4-6-9(8)13-2;1-2-8-6-7-4-3-5-9-7;2*2-1-3;;1-3-2/h5-11,13H,4,12H2,1-3H3;3-7H,1-2H3,(H,11,12);3-5,8H,2,6H2,1H3;;;1H4;/t13-;7-;;;;;/m11...../s1. The summed E-state index contributed by atoms with van der Waals surface area (Å²) in [6.45, 7) is 11.2. The van der Waals surface area contributed by atoms with Crippen LogP contribution in [0.1, 0.15) is 67.8 Å². The van der Waals surface area contributed by atoms with Gasteiger partial charge in [0.05, 0.1) is 32.6 Å². The van der Waals surface area contributed by atoms with E-state index in [9.17, 15) is 9.59 Å². The normalized spacial score (nSPS) is 9.92. The summed E-state index contributed by atoms with van der Waals surface area (Å²) < 4.78 is 10.4. The fraction of sp³-hybridized carbons (Fsp3) is 0.351. The number of thiophene rings is 2. The van der Waals surface area contributed by atoms with Crippen molar-refractivity contribution in [3.05, 3.63) is 104 Å². The highest BCUT2D eigenvalue weighted by molar-refractivity contribution is 8.37. The molecular weight excluding hydrogens is 777 g/mol. The van der Waals surface area contributed by atoms with Crippen LogP contribution >= 0.6 is 22.7 Å². The van der Waals surface area contributed by atoms with Crippen molar-refractivity contribution >= 4 is 78.1 Å².